The molecule has 0 spiro atoms. The quantitative estimate of drug-likeness (QED) is 0.677. The average Bonchev–Trinajstić information content (AvgIpc) is 2.71. The van der Waals surface area contributed by atoms with E-state index in [4.69, 9.17) is 15.2 Å². The fraction of sp³-hybridized carbons (Fsp3) is 0.400. The number of hydrogen-bond acceptors (Lipinski definition) is 5. The van der Waals surface area contributed by atoms with Gasteiger partial charge in [-0.1, -0.05) is 0 Å². The maximum atomic E-state index is 12.3. The average molecular weight is 278 g/mol. The molecule has 2 N–H and O–H groups in total. The van der Waals surface area contributed by atoms with Gasteiger partial charge in [0.05, 0.1) is 23.0 Å². The van der Waals surface area contributed by atoms with E-state index in [9.17, 15) is 23.3 Å². The molecular weight excluding hydrogens is 269 g/mol. The summed E-state index contributed by atoms with van der Waals surface area (Å²) in [5.74, 6) is 0.271. The zero-order chi connectivity index (χ0) is 14.2. The summed E-state index contributed by atoms with van der Waals surface area (Å²) < 4.78 is 46.8. The van der Waals surface area contributed by atoms with Gasteiger partial charge in [0.1, 0.15) is 0 Å². The molecule has 9 heteroatoms. The molecule has 1 aromatic carbocycles. The normalized spacial score (nSPS) is 15.4. The third-order valence-electron chi connectivity index (χ3n) is 2.57. The number of rotatable bonds is 3. The van der Waals surface area contributed by atoms with Crippen LogP contribution in [0.3, 0.4) is 0 Å². The predicted octanol–water partition coefficient (Wildman–Crippen LogP) is 2.28. The highest BCUT2D eigenvalue weighted by Crippen LogP contribution is 2.41. The first kappa shape index (κ1) is 13.4. The van der Waals surface area contributed by atoms with Crippen LogP contribution in [0.25, 0.3) is 0 Å². The van der Waals surface area contributed by atoms with Gasteiger partial charge in [0, 0.05) is 6.04 Å². The predicted molar refractivity (Wildman–Crippen MR) is 56.8 cm³/mol. The maximum absolute atomic E-state index is 12.3. The Morgan fingerprint density at radius 1 is 1.37 bits per heavy atom. The summed E-state index contributed by atoms with van der Waals surface area (Å²) in [5, 5.41) is 10.9. The number of ether oxygens (including phenoxy) is 2. The number of benzene rings is 1. The molecule has 2 rings (SSSR count). The van der Waals surface area contributed by atoms with Crippen molar-refractivity contribution in [3.8, 4) is 11.5 Å². The molecule has 1 heterocycles. The number of nitro benzene ring substituents is 1. The van der Waals surface area contributed by atoms with Crippen molar-refractivity contribution in [2.45, 2.75) is 18.6 Å². The lowest BCUT2D eigenvalue weighted by Crippen LogP contribution is -2.21. The van der Waals surface area contributed by atoms with Crippen molar-refractivity contribution in [3.05, 3.63) is 27.8 Å². The van der Waals surface area contributed by atoms with E-state index in [1.165, 1.54) is 0 Å². The molecule has 104 valence electrons. The van der Waals surface area contributed by atoms with Gasteiger partial charge < -0.3 is 15.2 Å². The molecule has 0 amide bonds. The van der Waals surface area contributed by atoms with E-state index in [1.807, 2.05) is 0 Å². The van der Waals surface area contributed by atoms with E-state index >= 15 is 0 Å². The van der Waals surface area contributed by atoms with Crippen LogP contribution in [-0.4, -0.2) is 17.9 Å². The molecule has 0 bridgehead atoms. The summed E-state index contributed by atoms with van der Waals surface area (Å²) in [6.45, 7) is -0.134. The highest BCUT2D eigenvalue weighted by molar-refractivity contribution is 5.56. The second-order valence-corrected chi connectivity index (χ2v) is 3.95. The molecule has 0 saturated carbocycles. The van der Waals surface area contributed by atoms with Gasteiger partial charge in [-0.2, -0.15) is 13.2 Å². The van der Waals surface area contributed by atoms with Crippen LogP contribution in [0.5, 0.6) is 11.5 Å². The molecule has 0 radical (unpaired) electrons. The Hall–Kier alpha value is -2.03. The van der Waals surface area contributed by atoms with Crippen molar-refractivity contribution in [3.63, 3.8) is 0 Å². The number of fused-ring (bicyclic) bond motifs is 1. The van der Waals surface area contributed by atoms with Crippen LogP contribution in [0, 0.1) is 10.1 Å². The van der Waals surface area contributed by atoms with E-state index in [0.717, 1.165) is 12.1 Å². The Kier molecular flexibility index (Phi) is 3.23. The summed E-state index contributed by atoms with van der Waals surface area (Å²) >= 11 is 0. The van der Waals surface area contributed by atoms with E-state index in [1.54, 1.807) is 0 Å². The molecule has 0 aliphatic carbocycles. The highest BCUT2D eigenvalue weighted by Gasteiger charge is 2.35. The number of nitro groups is 1. The Morgan fingerprint density at radius 3 is 2.47 bits per heavy atom. The van der Waals surface area contributed by atoms with E-state index in [2.05, 4.69) is 0 Å². The first-order chi connectivity index (χ1) is 8.78. The van der Waals surface area contributed by atoms with Crippen LogP contribution in [0.2, 0.25) is 0 Å². The minimum absolute atomic E-state index is 0.120. The maximum Gasteiger partial charge on any atom is 0.390 e. The molecular formula is C10H9F3N2O4. The fourth-order valence-corrected chi connectivity index (χ4v) is 1.76. The Morgan fingerprint density at radius 2 is 1.95 bits per heavy atom. The third kappa shape index (κ3) is 2.87. The third-order valence-corrected chi connectivity index (χ3v) is 2.57. The molecule has 19 heavy (non-hydrogen) atoms. The van der Waals surface area contributed by atoms with Crippen LogP contribution in [0.4, 0.5) is 18.9 Å². The molecule has 0 fully saturated rings. The van der Waals surface area contributed by atoms with Crippen molar-refractivity contribution < 1.29 is 27.6 Å². The highest BCUT2D eigenvalue weighted by atomic mass is 19.4. The number of alkyl halides is 3. The smallest absolute Gasteiger partial charge is 0.390 e. The number of nitrogens with two attached hydrogens (primary N) is 1. The Balaban J connectivity index is 2.40. The van der Waals surface area contributed by atoms with E-state index < -0.39 is 29.2 Å². The monoisotopic (exact) mass is 278 g/mol. The number of halogens is 3. The van der Waals surface area contributed by atoms with Crippen molar-refractivity contribution in [1.29, 1.82) is 0 Å². The van der Waals surface area contributed by atoms with Gasteiger partial charge in [0.25, 0.3) is 5.69 Å². The zero-order valence-electron chi connectivity index (χ0n) is 9.44. The van der Waals surface area contributed by atoms with Gasteiger partial charge in [-0.15, -0.1) is 0 Å². The lowest BCUT2D eigenvalue weighted by atomic mass is 10.0. The molecule has 0 unspecified atom stereocenters. The molecule has 1 aliphatic heterocycles. The van der Waals surface area contributed by atoms with Crippen molar-refractivity contribution >= 4 is 5.69 Å². The number of hydrogen-bond donors (Lipinski definition) is 1. The van der Waals surface area contributed by atoms with Gasteiger partial charge in [-0.05, 0) is 6.07 Å². The number of nitrogens with zero attached hydrogens (tertiary/aromatic N) is 1. The first-order valence-corrected chi connectivity index (χ1v) is 5.18. The largest absolute Gasteiger partial charge is 0.454 e. The molecule has 1 aromatic rings. The lowest BCUT2D eigenvalue weighted by Gasteiger charge is -2.15. The van der Waals surface area contributed by atoms with Gasteiger partial charge in [0.2, 0.25) is 6.79 Å². The first-order valence-electron chi connectivity index (χ1n) is 5.18. The summed E-state index contributed by atoms with van der Waals surface area (Å²) in [6.07, 6.45) is -5.86. The van der Waals surface area contributed by atoms with Crippen molar-refractivity contribution in [2.24, 2.45) is 5.73 Å². The zero-order valence-corrected chi connectivity index (χ0v) is 9.44. The molecule has 1 atom stereocenters. The van der Waals surface area contributed by atoms with Gasteiger partial charge >= 0.3 is 6.18 Å². The summed E-state index contributed by atoms with van der Waals surface area (Å²) in [4.78, 5) is 10.1. The second kappa shape index (κ2) is 4.57. The summed E-state index contributed by atoms with van der Waals surface area (Å²) in [7, 11) is 0. The SMILES string of the molecule is N[C@@H](CC(F)(F)F)c1cc2c(cc1[N+](=O)[O-])OCO2. The van der Waals surface area contributed by atoms with E-state index in [0.29, 0.717) is 0 Å². The van der Waals surface area contributed by atoms with Crippen LogP contribution in [0.1, 0.15) is 18.0 Å². The van der Waals surface area contributed by atoms with Gasteiger partial charge in [-0.3, -0.25) is 10.1 Å². The van der Waals surface area contributed by atoms with E-state index in [-0.39, 0.29) is 23.9 Å². The topological polar surface area (TPSA) is 87.6 Å². The fourth-order valence-electron chi connectivity index (χ4n) is 1.76. The minimum atomic E-state index is -4.51. The molecule has 1 aliphatic rings. The summed E-state index contributed by atoms with van der Waals surface area (Å²) in [5.41, 5.74) is 4.65. The van der Waals surface area contributed by atoms with Crippen molar-refractivity contribution in [1.82, 2.24) is 0 Å². The lowest BCUT2D eigenvalue weighted by molar-refractivity contribution is -0.385. The van der Waals surface area contributed by atoms with Crippen molar-refractivity contribution in [2.75, 3.05) is 6.79 Å². The van der Waals surface area contributed by atoms with Crippen LogP contribution < -0.4 is 15.2 Å². The van der Waals surface area contributed by atoms with Crippen LogP contribution in [0.15, 0.2) is 12.1 Å². The Bertz CT molecular complexity index is 518. The molecule has 6 nitrogen and oxygen atoms in total. The Labute approximate surface area is 105 Å². The van der Waals surface area contributed by atoms with Crippen LogP contribution in [-0.2, 0) is 0 Å². The minimum Gasteiger partial charge on any atom is -0.454 e. The summed E-state index contributed by atoms with van der Waals surface area (Å²) in [6, 6.07) is 0.611. The molecule has 0 aromatic heterocycles. The van der Waals surface area contributed by atoms with Gasteiger partial charge in [0.15, 0.2) is 11.5 Å². The van der Waals surface area contributed by atoms with Gasteiger partial charge in [-0.25, -0.2) is 0 Å². The standard InChI is InChI=1S/C10H9F3N2O4/c11-10(12,13)3-6(14)5-1-8-9(19-4-18-8)2-7(5)15(16)17/h1-2,6H,3-4,14H2/t6-/m0/s1. The van der Waals surface area contributed by atoms with Crippen LogP contribution >= 0.6 is 0 Å². The molecule has 0 saturated heterocycles. The second-order valence-electron chi connectivity index (χ2n) is 3.95.